The lowest BCUT2D eigenvalue weighted by Gasteiger charge is -2.31. The molecule has 27 heavy (non-hydrogen) atoms. The number of nitrogens with zero attached hydrogens (tertiary/aromatic N) is 2. The average Bonchev–Trinajstić information content (AvgIpc) is 2.98. The van der Waals surface area contributed by atoms with Gasteiger partial charge in [-0.3, -0.25) is 4.79 Å². The highest BCUT2D eigenvalue weighted by Gasteiger charge is 2.29. The Bertz CT molecular complexity index is 768. The Morgan fingerprint density at radius 2 is 1.70 bits per heavy atom. The number of halogens is 1. The number of piperazine rings is 1. The van der Waals surface area contributed by atoms with Gasteiger partial charge in [0.05, 0.1) is 37.7 Å². The third-order valence-electron chi connectivity index (χ3n) is 5.62. The zero-order valence-corrected chi connectivity index (χ0v) is 17.5. The molecule has 0 aliphatic carbocycles. The molecule has 6 nitrogen and oxygen atoms in total. The van der Waals surface area contributed by atoms with Crippen LogP contribution in [-0.4, -0.2) is 69.3 Å². The third kappa shape index (κ3) is 4.65. The molecule has 1 aromatic rings. The summed E-state index contributed by atoms with van der Waals surface area (Å²) in [6, 6.07) is 4.63. The molecule has 2 aliphatic heterocycles. The lowest BCUT2D eigenvalue weighted by Crippen LogP contribution is -3.14. The highest BCUT2D eigenvalue weighted by atomic mass is 35.5. The van der Waals surface area contributed by atoms with E-state index in [1.165, 1.54) is 21.3 Å². The summed E-state index contributed by atoms with van der Waals surface area (Å²) < 4.78 is 27.7. The van der Waals surface area contributed by atoms with Crippen LogP contribution in [-0.2, 0) is 10.0 Å². The number of carbonyl (C=O) groups excluding carboxylic acids is 1. The Balaban J connectivity index is 1.82. The second kappa shape index (κ2) is 8.90. The smallest absolute Gasteiger partial charge is 0.254 e. The highest BCUT2D eigenvalue weighted by molar-refractivity contribution is 7.89. The number of nitrogens with one attached hydrogen (secondary N) is 1. The molecule has 2 fully saturated rings. The summed E-state index contributed by atoms with van der Waals surface area (Å²) in [5.74, 6) is -0.117. The van der Waals surface area contributed by atoms with Crippen LogP contribution in [0.2, 0.25) is 5.02 Å². The van der Waals surface area contributed by atoms with Gasteiger partial charge in [0.1, 0.15) is 4.90 Å². The van der Waals surface area contributed by atoms with Crippen molar-refractivity contribution in [1.82, 2.24) is 9.21 Å². The standard InChI is InChI=1S/C19H28ClN3O3S/c1-2-21-11-13-22(14-12-21)19(24)16-7-8-17(20)18(15-16)27(25,26)23-9-5-3-4-6-10-23/h7-8,15H,2-6,9-14H2,1H3/p+1. The van der Waals surface area contributed by atoms with Gasteiger partial charge in [-0.25, -0.2) is 8.42 Å². The number of hydrogen-bond acceptors (Lipinski definition) is 3. The van der Waals surface area contributed by atoms with E-state index in [1.54, 1.807) is 6.07 Å². The van der Waals surface area contributed by atoms with Crippen LogP contribution >= 0.6 is 11.6 Å². The van der Waals surface area contributed by atoms with Crippen molar-refractivity contribution >= 4 is 27.5 Å². The van der Waals surface area contributed by atoms with E-state index >= 15 is 0 Å². The molecule has 2 saturated heterocycles. The third-order valence-corrected chi connectivity index (χ3v) is 8.00. The van der Waals surface area contributed by atoms with Crippen molar-refractivity contribution in [2.24, 2.45) is 0 Å². The van der Waals surface area contributed by atoms with Crippen molar-refractivity contribution in [3.05, 3.63) is 28.8 Å². The van der Waals surface area contributed by atoms with Gasteiger partial charge in [0, 0.05) is 18.7 Å². The first kappa shape index (κ1) is 20.6. The molecular weight excluding hydrogens is 386 g/mol. The summed E-state index contributed by atoms with van der Waals surface area (Å²) in [7, 11) is -3.69. The van der Waals surface area contributed by atoms with E-state index < -0.39 is 10.0 Å². The van der Waals surface area contributed by atoms with E-state index in [9.17, 15) is 13.2 Å². The average molecular weight is 415 g/mol. The molecular formula is C19H29ClN3O3S+. The summed E-state index contributed by atoms with van der Waals surface area (Å²) in [6.45, 7) is 7.46. The van der Waals surface area contributed by atoms with Crippen molar-refractivity contribution in [3.8, 4) is 0 Å². The normalized spacial score (nSPS) is 20.4. The molecule has 2 aliphatic rings. The van der Waals surface area contributed by atoms with Gasteiger partial charge in [-0.05, 0) is 38.0 Å². The van der Waals surface area contributed by atoms with E-state index in [1.807, 2.05) is 4.90 Å². The summed E-state index contributed by atoms with van der Waals surface area (Å²) >= 11 is 6.24. The fourth-order valence-electron chi connectivity index (χ4n) is 3.82. The molecule has 2 heterocycles. The molecule has 3 rings (SSSR count). The molecule has 0 atom stereocenters. The van der Waals surface area contributed by atoms with Crippen molar-refractivity contribution < 1.29 is 18.1 Å². The van der Waals surface area contributed by atoms with E-state index in [0.29, 0.717) is 31.7 Å². The van der Waals surface area contributed by atoms with Gasteiger partial charge in [0.15, 0.2) is 0 Å². The van der Waals surface area contributed by atoms with Crippen molar-refractivity contribution in [2.45, 2.75) is 37.5 Å². The van der Waals surface area contributed by atoms with E-state index in [4.69, 9.17) is 11.6 Å². The number of likely N-dealkylation sites (N-methyl/N-ethyl adjacent to an activating group) is 1. The Morgan fingerprint density at radius 1 is 1.07 bits per heavy atom. The minimum Gasteiger partial charge on any atom is -0.332 e. The van der Waals surface area contributed by atoms with Gasteiger partial charge in [-0.2, -0.15) is 4.31 Å². The van der Waals surface area contributed by atoms with Crippen LogP contribution in [0, 0.1) is 0 Å². The molecule has 0 bridgehead atoms. The Hall–Kier alpha value is -1.15. The van der Waals surface area contributed by atoms with Crippen LogP contribution in [0.15, 0.2) is 23.1 Å². The minimum atomic E-state index is -3.69. The summed E-state index contributed by atoms with van der Waals surface area (Å²) in [4.78, 5) is 16.2. The fourth-order valence-corrected chi connectivity index (χ4v) is 5.83. The first-order valence-corrected chi connectivity index (χ1v) is 11.7. The molecule has 0 radical (unpaired) electrons. The van der Waals surface area contributed by atoms with Crippen molar-refractivity contribution in [2.75, 3.05) is 45.8 Å². The van der Waals surface area contributed by atoms with Gasteiger partial charge in [0.25, 0.3) is 5.91 Å². The Kier molecular flexibility index (Phi) is 6.78. The van der Waals surface area contributed by atoms with Gasteiger partial charge < -0.3 is 9.80 Å². The van der Waals surface area contributed by atoms with Crippen molar-refractivity contribution in [1.29, 1.82) is 0 Å². The first-order valence-electron chi connectivity index (χ1n) is 9.86. The molecule has 150 valence electrons. The summed E-state index contributed by atoms with van der Waals surface area (Å²) in [6.07, 6.45) is 3.81. The molecule has 0 spiro atoms. The molecule has 0 saturated carbocycles. The second-order valence-electron chi connectivity index (χ2n) is 7.36. The number of carbonyl (C=O) groups is 1. The predicted molar refractivity (Wildman–Crippen MR) is 106 cm³/mol. The lowest BCUT2D eigenvalue weighted by molar-refractivity contribution is -0.902. The predicted octanol–water partition coefficient (Wildman–Crippen LogP) is 1.27. The zero-order chi connectivity index (χ0) is 19.4. The quantitative estimate of drug-likeness (QED) is 0.806. The van der Waals surface area contributed by atoms with E-state index in [-0.39, 0.29) is 15.8 Å². The lowest BCUT2D eigenvalue weighted by atomic mass is 10.2. The van der Waals surface area contributed by atoms with Crippen LogP contribution in [0.5, 0.6) is 0 Å². The maximum absolute atomic E-state index is 13.1. The van der Waals surface area contributed by atoms with Crippen LogP contribution in [0.1, 0.15) is 43.0 Å². The van der Waals surface area contributed by atoms with Crippen LogP contribution in [0.25, 0.3) is 0 Å². The highest BCUT2D eigenvalue weighted by Crippen LogP contribution is 2.28. The maximum atomic E-state index is 13.1. The number of hydrogen-bond donors (Lipinski definition) is 1. The largest absolute Gasteiger partial charge is 0.332 e. The topological polar surface area (TPSA) is 62.1 Å². The maximum Gasteiger partial charge on any atom is 0.254 e. The zero-order valence-electron chi connectivity index (χ0n) is 15.9. The number of rotatable bonds is 4. The van der Waals surface area contributed by atoms with Crippen LogP contribution in [0.4, 0.5) is 0 Å². The molecule has 8 heteroatoms. The Labute approximate surface area is 167 Å². The van der Waals surface area contributed by atoms with Crippen LogP contribution < -0.4 is 4.90 Å². The van der Waals surface area contributed by atoms with Gasteiger partial charge >= 0.3 is 0 Å². The molecule has 0 unspecified atom stereocenters. The van der Waals surface area contributed by atoms with Gasteiger partial charge in [-0.15, -0.1) is 0 Å². The monoisotopic (exact) mass is 414 g/mol. The van der Waals surface area contributed by atoms with E-state index in [2.05, 4.69) is 6.92 Å². The molecule has 1 aromatic carbocycles. The first-order chi connectivity index (χ1) is 12.9. The number of sulfonamides is 1. The molecule has 1 amide bonds. The fraction of sp³-hybridized carbons (Fsp3) is 0.632. The Morgan fingerprint density at radius 3 is 2.30 bits per heavy atom. The number of benzene rings is 1. The van der Waals surface area contributed by atoms with E-state index in [0.717, 1.165) is 45.3 Å². The number of amides is 1. The second-order valence-corrected chi connectivity index (χ2v) is 9.67. The SMILES string of the molecule is CC[NH+]1CCN(C(=O)c2ccc(Cl)c(S(=O)(=O)N3CCCCCC3)c2)CC1. The van der Waals surface area contributed by atoms with Crippen LogP contribution in [0.3, 0.4) is 0 Å². The summed E-state index contributed by atoms with van der Waals surface area (Å²) in [5, 5.41) is 0.177. The minimum absolute atomic E-state index is 0.0507. The summed E-state index contributed by atoms with van der Waals surface area (Å²) in [5.41, 5.74) is 0.396. The van der Waals surface area contributed by atoms with Gasteiger partial charge in [-0.1, -0.05) is 24.4 Å². The number of quaternary nitrogens is 1. The van der Waals surface area contributed by atoms with Gasteiger partial charge in [0.2, 0.25) is 10.0 Å². The molecule has 1 N–H and O–H groups in total. The molecule has 0 aromatic heterocycles. The van der Waals surface area contributed by atoms with Crippen molar-refractivity contribution in [3.63, 3.8) is 0 Å².